The Balaban J connectivity index is 1.89. The molecule has 24 heavy (non-hydrogen) atoms. The van der Waals surface area contributed by atoms with Crippen LogP contribution in [0.15, 0.2) is 51.8 Å². The molecular formula is C15H13BrF2N2O3S. The van der Waals surface area contributed by atoms with Gasteiger partial charge in [0, 0.05) is 23.5 Å². The van der Waals surface area contributed by atoms with Crippen molar-refractivity contribution >= 4 is 37.5 Å². The number of anilines is 1. The maximum absolute atomic E-state index is 13.4. The first kappa shape index (κ1) is 18.5. The fourth-order valence-corrected chi connectivity index (χ4v) is 3.10. The highest BCUT2D eigenvalue weighted by Crippen LogP contribution is 2.16. The molecule has 0 aliphatic heterocycles. The first-order valence-corrected chi connectivity index (χ1v) is 9.06. The number of nitrogens with one attached hydrogen (secondary N) is 2. The van der Waals surface area contributed by atoms with E-state index >= 15 is 0 Å². The zero-order chi connectivity index (χ0) is 17.7. The number of halogens is 3. The van der Waals surface area contributed by atoms with Crippen LogP contribution in [0.3, 0.4) is 0 Å². The number of amides is 1. The molecule has 0 fully saturated rings. The van der Waals surface area contributed by atoms with Gasteiger partial charge in [-0.2, -0.15) is 0 Å². The SMILES string of the molecule is O=C(CCNS(=O)(=O)c1ccc(Br)cc1)Nc1ccc(F)cc1F. The molecule has 2 N–H and O–H groups in total. The average Bonchev–Trinajstić information content (AvgIpc) is 2.50. The smallest absolute Gasteiger partial charge is 0.240 e. The third-order valence-corrected chi connectivity index (χ3v) is 4.98. The summed E-state index contributed by atoms with van der Waals surface area (Å²) in [5.74, 6) is -2.26. The molecule has 9 heteroatoms. The second-order valence-corrected chi connectivity index (χ2v) is 7.46. The Hall–Kier alpha value is -1.84. The van der Waals surface area contributed by atoms with Gasteiger partial charge in [-0.25, -0.2) is 21.9 Å². The van der Waals surface area contributed by atoms with Crippen LogP contribution in [0.2, 0.25) is 0 Å². The number of sulfonamides is 1. The summed E-state index contributed by atoms with van der Waals surface area (Å²) >= 11 is 3.20. The lowest BCUT2D eigenvalue weighted by Crippen LogP contribution is -2.28. The molecule has 2 rings (SSSR count). The van der Waals surface area contributed by atoms with Gasteiger partial charge in [0.2, 0.25) is 15.9 Å². The maximum Gasteiger partial charge on any atom is 0.240 e. The predicted octanol–water partition coefficient (Wildman–Crippen LogP) is 3.03. The number of carbonyl (C=O) groups excluding carboxylic acids is 1. The van der Waals surface area contributed by atoms with Crippen molar-refractivity contribution < 1.29 is 22.0 Å². The lowest BCUT2D eigenvalue weighted by molar-refractivity contribution is -0.116. The van der Waals surface area contributed by atoms with Gasteiger partial charge < -0.3 is 5.32 Å². The van der Waals surface area contributed by atoms with E-state index in [-0.39, 0.29) is 23.5 Å². The molecule has 0 aliphatic carbocycles. The van der Waals surface area contributed by atoms with Crippen molar-refractivity contribution in [1.29, 1.82) is 0 Å². The van der Waals surface area contributed by atoms with Crippen molar-refractivity contribution in [3.63, 3.8) is 0 Å². The van der Waals surface area contributed by atoms with E-state index in [0.717, 1.165) is 16.6 Å². The number of rotatable bonds is 6. The summed E-state index contributed by atoms with van der Waals surface area (Å²) in [6, 6.07) is 8.74. The zero-order valence-electron chi connectivity index (χ0n) is 12.2. The van der Waals surface area contributed by atoms with Gasteiger partial charge in [-0.15, -0.1) is 0 Å². The second-order valence-electron chi connectivity index (χ2n) is 4.77. The van der Waals surface area contributed by atoms with Gasteiger partial charge in [-0.1, -0.05) is 15.9 Å². The molecule has 0 radical (unpaired) electrons. The van der Waals surface area contributed by atoms with Crippen molar-refractivity contribution in [2.75, 3.05) is 11.9 Å². The molecule has 128 valence electrons. The average molecular weight is 419 g/mol. The summed E-state index contributed by atoms with van der Waals surface area (Å²) in [7, 11) is -3.73. The van der Waals surface area contributed by atoms with Crippen LogP contribution in [0, 0.1) is 11.6 Å². The summed E-state index contributed by atoms with van der Waals surface area (Å²) in [5.41, 5.74) is -0.169. The van der Waals surface area contributed by atoms with Crippen molar-refractivity contribution in [2.24, 2.45) is 0 Å². The number of hydrogen-bond donors (Lipinski definition) is 2. The molecule has 0 saturated heterocycles. The molecule has 0 aliphatic rings. The second kappa shape index (κ2) is 7.82. The Morgan fingerprint density at radius 2 is 1.75 bits per heavy atom. The van der Waals surface area contributed by atoms with E-state index in [1.165, 1.54) is 12.1 Å². The third-order valence-electron chi connectivity index (χ3n) is 2.97. The van der Waals surface area contributed by atoms with Crippen molar-refractivity contribution in [2.45, 2.75) is 11.3 Å². The van der Waals surface area contributed by atoms with E-state index in [0.29, 0.717) is 6.07 Å². The van der Waals surface area contributed by atoms with E-state index in [4.69, 9.17) is 0 Å². The van der Waals surface area contributed by atoms with Crippen LogP contribution in [-0.4, -0.2) is 20.9 Å². The van der Waals surface area contributed by atoms with Gasteiger partial charge in [0.05, 0.1) is 10.6 Å². The van der Waals surface area contributed by atoms with Crippen LogP contribution in [0.25, 0.3) is 0 Å². The summed E-state index contributed by atoms with van der Waals surface area (Å²) in [5, 5.41) is 2.25. The number of benzene rings is 2. The summed E-state index contributed by atoms with van der Waals surface area (Å²) in [4.78, 5) is 11.8. The van der Waals surface area contributed by atoms with Crippen LogP contribution in [0.1, 0.15) is 6.42 Å². The largest absolute Gasteiger partial charge is 0.324 e. The zero-order valence-corrected chi connectivity index (χ0v) is 14.6. The fourth-order valence-electron chi connectivity index (χ4n) is 1.80. The van der Waals surface area contributed by atoms with Crippen LogP contribution >= 0.6 is 15.9 Å². The molecule has 0 bridgehead atoms. The molecular weight excluding hydrogens is 406 g/mol. The van der Waals surface area contributed by atoms with Gasteiger partial charge >= 0.3 is 0 Å². The highest BCUT2D eigenvalue weighted by atomic mass is 79.9. The van der Waals surface area contributed by atoms with Crippen LogP contribution < -0.4 is 10.0 Å². The Morgan fingerprint density at radius 3 is 2.38 bits per heavy atom. The molecule has 2 aromatic rings. The highest BCUT2D eigenvalue weighted by Gasteiger charge is 2.14. The van der Waals surface area contributed by atoms with Crippen molar-refractivity contribution in [1.82, 2.24) is 4.72 Å². The fraction of sp³-hybridized carbons (Fsp3) is 0.133. The minimum Gasteiger partial charge on any atom is -0.324 e. The topological polar surface area (TPSA) is 75.3 Å². The van der Waals surface area contributed by atoms with E-state index in [2.05, 4.69) is 26.0 Å². The molecule has 0 heterocycles. The Morgan fingerprint density at radius 1 is 1.08 bits per heavy atom. The number of carbonyl (C=O) groups is 1. The van der Waals surface area contributed by atoms with Gasteiger partial charge in [0.1, 0.15) is 11.6 Å². The Labute approximate surface area is 146 Å². The molecule has 1 amide bonds. The van der Waals surface area contributed by atoms with Gasteiger partial charge in [-0.05, 0) is 36.4 Å². The standard InChI is InChI=1S/C15H13BrF2N2O3S/c16-10-1-4-12(5-2-10)24(22,23)19-8-7-15(21)20-14-6-3-11(17)9-13(14)18/h1-6,9,19H,7-8H2,(H,20,21). The lowest BCUT2D eigenvalue weighted by Gasteiger charge is -2.08. The molecule has 5 nitrogen and oxygen atoms in total. The first-order valence-electron chi connectivity index (χ1n) is 6.78. The van der Waals surface area contributed by atoms with E-state index in [1.54, 1.807) is 12.1 Å². The van der Waals surface area contributed by atoms with E-state index in [9.17, 15) is 22.0 Å². The van der Waals surface area contributed by atoms with Crippen LogP contribution in [-0.2, 0) is 14.8 Å². The molecule has 0 spiro atoms. The quantitative estimate of drug-likeness (QED) is 0.756. The van der Waals surface area contributed by atoms with Gasteiger partial charge in [-0.3, -0.25) is 4.79 Å². The highest BCUT2D eigenvalue weighted by molar-refractivity contribution is 9.10. The third kappa shape index (κ3) is 5.08. The van der Waals surface area contributed by atoms with Crippen molar-refractivity contribution in [3.8, 4) is 0 Å². The summed E-state index contributed by atoms with van der Waals surface area (Å²) < 4.78 is 53.2. The van der Waals surface area contributed by atoms with Crippen molar-refractivity contribution in [3.05, 3.63) is 58.6 Å². The molecule has 0 saturated carbocycles. The molecule has 0 atom stereocenters. The van der Waals surface area contributed by atoms with Gasteiger partial charge in [0.15, 0.2) is 0 Å². The predicted molar refractivity (Wildman–Crippen MR) is 88.9 cm³/mol. The maximum atomic E-state index is 13.4. The first-order chi connectivity index (χ1) is 11.3. The summed E-state index contributed by atoms with van der Waals surface area (Å²) in [6.07, 6.45) is -0.202. The minimum atomic E-state index is -3.73. The Kier molecular flexibility index (Phi) is 6.03. The summed E-state index contributed by atoms with van der Waals surface area (Å²) in [6.45, 7) is -0.160. The van der Waals surface area contributed by atoms with Crippen LogP contribution in [0.4, 0.5) is 14.5 Å². The Bertz CT molecular complexity index is 842. The number of hydrogen-bond acceptors (Lipinski definition) is 3. The monoisotopic (exact) mass is 418 g/mol. The van der Waals surface area contributed by atoms with E-state index in [1.807, 2.05) is 0 Å². The lowest BCUT2D eigenvalue weighted by atomic mass is 10.3. The van der Waals surface area contributed by atoms with E-state index < -0.39 is 27.6 Å². The molecule has 0 unspecified atom stereocenters. The minimum absolute atomic E-state index is 0.0655. The van der Waals surface area contributed by atoms with Crippen LogP contribution in [0.5, 0.6) is 0 Å². The molecule has 0 aromatic heterocycles. The normalized spacial score (nSPS) is 11.3. The van der Waals surface area contributed by atoms with Gasteiger partial charge in [0.25, 0.3) is 0 Å². The molecule has 2 aromatic carbocycles.